The van der Waals surface area contributed by atoms with Crippen LogP contribution in [0.5, 0.6) is 0 Å². The van der Waals surface area contributed by atoms with E-state index in [0.717, 1.165) is 38.4 Å². The zero-order chi connectivity index (χ0) is 23.6. The van der Waals surface area contributed by atoms with Crippen molar-refractivity contribution in [2.45, 2.75) is 17.5 Å². The number of nitro benzene ring substituents is 1. The minimum Gasteiger partial charge on any atom is -0.463 e. The predicted octanol–water partition coefficient (Wildman–Crippen LogP) is 2.72. The number of halogens is 3. The SMILES string of the molecule is COC(=O)C(=O)Cc1ccc(S(=O)(=O)N(C)c2ccc(C(F)(F)F)cc2)cc1[N+](=O)[O-]. The molecule has 0 atom stereocenters. The molecule has 0 amide bonds. The average Bonchev–Trinajstić information content (AvgIpc) is 2.71. The lowest BCUT2D eigenvalue weighted by Crippen LogP contribution is -2.27. The van der Waals surface area contributed by atoms with Gasteiger partial charge in [0.15, 0.2) is 0 Å². The molecule has 0 aliphatic carbocycles. The van der Waals surface area contributed by atoms with Crippen LogP contribution in [0.25, 0.3) is 0 Å². The molecular weight excluding hydrogens is 445 g/mol. The van der Waals surface area contributed by atoms with Gasteiger partial charge in [-0.05, 0) is 30.3 Å². The van der Waals surface area contributed by atoms with Crippen LogP contribution in [-0.2, 0) is 36.9 Å². The van der Waals surface area contributed by atoms with Crippen molar-refractivity contribution in [3.05, 3.63) is 63.7 Å². The first-order chi connectivity index (χ1) is 14.3. The fraction of sp³-hybridized carbons (Fsp3) is 0.222. The topological polar surface area (TPSA) is 124 Å². The van der Waals surface area contributed by atoms with E-state index in [1.165, 1.54) is 0 Å². The number of anilines is 1. The zero-order valence-corrected chi connectivity index (χ0v) is 16.9. The maximum Gasteiger partial charge on any atom is 0.416 e. The van der Waals surface area contributed by atoms with Crippen molar-refractivity contribution in [2.24, 2.45) is 0 Å². The van der Waals surface area contributed by atoms with E-state index < -0.39 is 55.4 Å². The van der Waals surface area contributed by atoms with Crippen LogP contribution in [0.2, 0.25) is 0 Å². The van der Waals surface area contributed by atoms with Gasteiger partial charge in [0.05, 0.1) is 28.2 Å². The molecule has 2 aromatic rings. The number of Topliss-reactive ketones (excluding diaryl/α,β-unsaturated/α-hetero) is 1. The standard InChI is InChI=1S/C18H15F3N2O7S/c1-22(13-6-4-12(5-7-13)18(19,20)21)31(28,29)14-8-3-11(15(10-14)23(26)27)9-16(24)17(25)30-2/h3-8,10H,9H2,1-2H3. The number of hydrogen-bond donors (Lipinski definition) is 0. The highest BCUT2D eigenvalue weighted by Crippen LogP contribution is 2.32. The minimum absolute atomic E-state index is 0.111. The predicted molar refractivity (Wildman–Crippen MR) is 101 cm³/mol. The molecule has 0 aromatic heterocycles. The Morgan fingerprint density at radius 3 is 2.19 bits per heavy atom. The van der Waals surface area contributed by atoms with Crippen molar-refractivity contribution in [3.63, 3.8) is 0 Å². The number of alkyl halides is 3. The van der Waals surface area contributed by atoms with E-state index >= 15 is 0 Å². The van der Waals surface area contributed by atoms with Crippen LogP contribution in [0.1, 0.15) is 11.1 Å². The van der Waals surface area contributed by atoms with E-state index in [1.807, 2.05) is 0 Å². The number of sulfonamides is 1. The lowest BCUT2D eigenvalue weighted by atomic mass is 10.1. The molecule has 31 heavy (non-hydrogen) atoms. The number of nitrogens with zero attached hydrogens (tertiary/aromatic N) is 2. The summed E-state index contributed by atoms with van der Waals surface area (Å²) in [4.78, 5) is 32.8. The first-order valence-corrected chi connectivity index (χ1v) is 9.77. The fourth-order valence-corrected chi connectivity index (χ4v) is 3.76. The van der Waals surface area contributed by atoms with E-state index in [-0.39, 0.29) is 11.3 Å². The zero-order valence-electron chi connectivity index (χ0n) is 16.0. The van der Waals surface area contributed by atoms with Crippen LogP contribution >= 0.6 is 0 Å². The highest BCUT2D eigenvalue weighted by molar-refractivity contribution is 7.92. The second-order valence-corrected chi connectivity index (χ2v) is 8.13. The molecule has 0 fully saturated rings. The van der Waals surface area contributed by atoms with Gasteiger partial charge in [0.25, 0.3) is 15.7 Å². The van der Waals surface area contributed by atoms with Gasteiger partial charge in [-0.15, -0.1) is 0 Å². The van der Waals surface area contributed by atoms with Crippen LogP contribution in [-0.4, -0.2) is 39.3 Å². The molecule has 2 rings (SSSR count). The Labute approximate surface area is 174 Å². The molecule has 2 aromatic carbocycles. The average molecular weight is 460 g/mol. The van der Waals surface area contributed by atoms with Crippen LogP contribution in [0.15, 0.2) is 47.4 Å². The van der Waals surface area contributed by atoms with Gasteiger partial charge >= 0.3 is 12.1 Å². The van der Waals surface area contributed by atoms with Crippen LogP contribution < -0.4 is 4.31 Å². The number of rotatable bonds is 7. The van der Waals surface area contributed by atoms with Crippen molar-refractivity contribution in [1.82, 2.24) is 0 Å². The summed E-state index contributed by atoms with van der Waals surface area (Å²) >= 11 is 0. The van der Waals surface area contributed by atoms with Crippen molar-refractivity contribution < 1.29 is 40.8 Å². The molecule has 0 aliphatic rings. The third-order valence-electron chi connectivity index (χ3n) is 4.23. The number of hydrogen-bond acceptors (Lipinski definition) is 7. The number of ketones is 1. The minimum atomic E-state index is -4.60. The van der Waals surface area contributed by atoms with Gasteiger partial charge in [0, 0.05) is 25.1 Å². The van der Waals surface area contributed by atoms with Gasteiger partial charge in [0.2, 0.25) is 5.78 Å². The number of ether oxygens (including phenoxy) is 1. The maximum atomic E-state index is 12.8. The Balaban J connectivity index is 2.42. The van der Waals surface area contributed by atoms with E-state index in [2.05, 4.69) is 4.74 Å². The monoisotopic (exact) mass is 460 g/mol. The van der Waals surface area contributed by atoms with Crippen molar-refractivity contribution in [2.75, 3.05) is 18.5 Å². The number of carbonyl (C=O) groups excluding carboxylic acids is 2. The highest BCUT2D eigenvalue weighted by atomic mass is 32.2. The molecule has 0 heterocycles. The summed E-state index contributed by atoms with van der Waals surface area (Å²) in [5, 5.41) is 11.4. The third kappa shape index (κ3) is 5.17. The van der Waals surface area contributed by atoms with E-state index in [1.54, 1.807) is 0 Å². The summed E-state index contributed by atoms with van der Waals surface area (Å²) in [6.07, 6.45) is -5.29. The molecule has 0 radical (unpaired) electrons. The molecule has 0 aliphatic heterocycles. The molecule has 9 nitrogen and oxygen atoms in total. The number of carbonyl (C=O) groups is 2. The first kappa shape index (κ1) is 23.8. The summed E-state index contributed by atoms with van der Waals surface area (Å²) in [6.45, 7) is 0. The van der Waals surface area contributed by atoms with Gasteiger partial charge in [-0.2, -0.15) is 13.2 Å². The van der Waals surface area contributed by atoms with Crippen molar-refractivity contribution >= 4 is 33.2 Å². The molecule has 13 heteroatoms. The summed E-state index contributed by atoms with van der Waals surface area (Å²) in [5.41, 5.74) is -2.02. The smallest absolute Gasteiger partial charge is 0.416 e. The fourth-order valence-electron chi connectivity index (χ4n) is 2.54. The summed E-state index contributed by atoms with van der Waals surface area (Å²) < 4.78 is 68.6. The van der Waals surface area contributed by atoms with Crippen molar-refractivity contribution in [1.29, 1.82) is 0 Å². The van der Waals surface area contributed by atoms with Gasteiger partial charge in [-0.1, -0.05) is 6.07 Å². The van der Waals surface area contributed by atoms with Crippen molar-refractivity contribution in [3.8, 4) is 0 Å². The van der Waals surface area contributed by atoms with Gasteiger partial charge in [0.1, 0.15) is 0 Å². The van der Waals surface area contributed by atoms with E-state index in [4.69, 9.17) is 0 Å². The van der Waals surface area contributed by atoms with Gasteiger partial charge in [-0.3, -0.25) is 19.2 Å². The van der Waals surface area contributed by atoms with Crippen LogP contribution in [0.3, 0.4) is 0 Å². The Morgan fingerprint density at radius 1 is 1.13 bits per heavy atom. The molecule has 0 saturated heterocycles. The number of methoxy groups -OCH3 is 1. The van der Waals surface area contributed by atoms with E-state index in [0.29, 0.717) is 22.5 Å². The molecular formula is C18H15F3N2O7S. The summed E-state index contributed by atoms with van der Waals surface area (Å²) in [7, 11) is -2.36. The Hall–Kier alpha value is -3.48. The normalized spacial score (nSPS) is 11.6. The van der Waals surface area contributed by atoms with Crippen LogP contribution in [0.4, 0.5) is 24.5 Å². The first-order valence-electron chi connectivity index (χ1n) is 8.33. The Bertz CT molecular complexity index is 1130. The lowest BCUT2D eigenvalue weighted by Gasteiger charge is -2.20. The Kier molecular flexibility index (Phi) is 6.69. The lowest BCUT2D eigenvalue weighted by molar-refractivity contribution is -0.385. The number of benzene rings is 2. The van der Waals surface area contributed by atoms with Crippen LogP contribution in [0, 0.1) is 10.1 Å². The second kappa shape index (κ2) is 8.71. The number of esters is 1. The largest absolute Gasteiger partial charge is 0.463 e. The molecule has 0 unspecified atom stereocenters. The quantitative estimate of drug-likeness (QED) is 0.269. The molecule has 0 N–H and O–H groups in total. The molecule has 0 spiro atoms. The molecule has 166 valence electrons. The van der Waals surface area contributed by atoms with Gasteiger partial charge in [-0.25, -0.2) is 13.2 Å². The van der Waals surface area contributed by atoms with E-state index in [9.17, 15) is 41.3 Å². The Morgan fingerprint density at radius 2 is 1.71 bits per heavy atom. The second-order valence-electron chi connectivity index (χ2n) is 6.16. The van der Waals surface area contributed by atoms with Gasteiger partial charge < -0.3 is 4.74 Å². The highest BCUT2D eigenvalue weighted by Gasteiger charge is 2.31. The maximum absolute atomic E-state index is 12.8. The number of nitro groups is 1. The summed E-state index contributed by atoms with van der Waals surface area (Å²) in [6, 6.07) is 5.98. The third-order valence-corrected chi connectivity index (χ3v) is 6.02. The molecule has 0 saturated carbocycles. The summed E-state index contributed by atoms with van der Waals surface area (Å²) in [5.74, 6) is -2.28. The molecule has 0 bridgehead atoms.